The van der Waals surface area contributed by atoms with Gasteiger partial charge in [-0.05, 0) is 48.5 Å². The monoisotopic (exact) mass is 440 g/mol. The minimum Gasteiger partial charge on any atom is -0.468 e. The minimum absolute atomic E-state index is 0.0133. The molecule has 0 radical (unpaired) electrons. The van der Waals surface area contributed by atoms with Gasteiger partial charge in [-0.25, -0.2) is 17.9 Å². The number of sulfonamides is 1. The fraction of sp³-hybridized carbons (Fsp3) is 0.143. The lowest BCUT2D eigenvalue weighted by Gasteiger charge is -2.15. The Morgan fingerprint density at radius 2 is 1.94 bits per heavy atom. The lowest BCUT2D eigenvalue weighted by molar-refractivity contribution is 0.102. The molecule has 3 aromatic rings. The summed E-state index contributed by atoms with van der Waals surface area (Å²) in [7, 11) is -3.80. The highest BCUT2D eigenvalue weighted by Gasteiger charge is 2.22. The molecule has 31 heavy (non-hydrogen) atoms. The summed E-state index contributed by atoms with van der Waals surface area (Å²) < 4.78 is 32.7. The van der Waals surface area contributed by atoms with Gasteiger partial charge >= 0.3 is 6.03 Å². The second kappa shape index (κ2) is 8.62. The zero-order valence-electron chi connectivity index (χ0n) is 16.4. The molecule has 3 amide bonds. The quantitative estimate of drug-likeness (QED) is 0.521. The number of carbonyl (C=O) groups excluding carboxylic acids is 2. The number of hydrogen-bond acceptors (Lipinski definition) is 5. The Labute approximate surface area is 179 Å². The van der Waals surface area contributed by atoms with Crippen molar-refractivity contribution >= 4 is 33.3 Å². The average molecular weight is 440 g/mol. The summed E-state index contributed by atoms with van der Waals surface area (Å²) in [6.07, 6.45) is 1.46. The van der Waals surface area contributed by atoms with Gasteiger partial charge in [0.25, 0.3) is 5.91 Å². The number of rotatable bonds is 7. The van der Waals surface area contributed by atoms with Crippen LogP contribution in [0.3, 0.4) is 0 Å². The van der Waals surface area contributed by atoms with Crippen LogP contribution >= 0.6 is 0 Å². The first-order valence-electron chi connectivity index (χ1n) is 9.51. The molecule has 2 heterocycles. The second-order valence-electron chi connectivity index (χ2n) is 6.82. The van der Waals surface area contributed by atoms with Crippen molar-refractivity contribution in [2.75, 3.05) is 23.3 Å². The van der Waals surface area contributed by atoms with Crippen molar-refractivity contribution in [2.45, 2.75) is 11.4 Å². The van der Waals surface area contributed by atoms with Crippen LogP contribution in [-0.4, -0.2) is 33.4 Å². The number of amides is 3. The van der Waals surface area contributed by atoms with Crippen LogP contribution < -0.4 is 20.3 Å². The number of urea groups is 1. The lowest BCUT2D eigenvalue weighted by Crippen LogP contribution is -2.27. The third-order valence-corrected chi connectivity index (χ3v) is 6.09. The number of nitrogens with one attached hydrogen (secondary N) is 3. The third-order valence-electron chi connectivity index (χ3n) is 4.70. The predicted octanol–water partition coefficient (Wildman–Crippen LogP) is 2.54. The molecule has 0 unspecified atom stereocenters. The fourth-order valence-electron chi connectivity index (χ4n) is 3.14. The maximum atomic E-state index is 12.7. The topological polar surface area (TPSA) is 121 Å². The van der Waals surface area contributed by atoms with Crippen molar-refractivity contribution in [1.82, 2.24) is 10.0 Å². The highest BCUT2D eigenvalue weighted by atomic mass is 32.2. The van der Waals surface area contributed by atoms with Gasteiger partial charge < -0.3 is 15.1 Å². The van der Waals surface area contributed by atoms with E-state index in [2.05, 4.69) is 15.4 Å². The summed E-state index contributed by atoms with van der Waals surface area (Å²) in [6, 6.07) is 15.8. The lowest BCUT2D eigenvalue weighted by atomic mass is 10.1. The summed E-state index contributed by atoms with van der Waals surface area (Å²) in [6.45, 7) is 1.09. The Balaban J connectivity index is 1.47. The predicted molar refractivity (Wildman–Crippen MR) is 114 cm³/mol. The molecule has 0 atom stereocenters. The maximum absolute atomic E-state index is 12.7. The molecule has 1 saturated heterocycles. The average Bonchev–Trinajstić information content (AvgIpc) is 3.44. The van der Waals surface area contributed by atoms with Gasteiger partial charge in [-0.2, -0.15) is 0 Å². The van der Waals surface area contributed by atoms with Gasteiger partial charge in [0.15, 0.2) is 0 Å². The zero-order valence-corrected chi connectivity index (χ0v) is 17.2. The number of nitrogens with zero attached hydrogens (tertiary/aromatic N) is 1. The highest BCUT2D eigenvalue weighted by Crippen LogP contribution is 2.20. The molecule has 4 rings (SSSR count). The number of carbonyl (C=O) groups is 2. The first-order valence-corrected chi connectivity index (χ1v) is 11.0. The smallest absolute Gasteiger partial charge is 0.321 e. The largest absolute Gasteiger partial charge is 0.468 e. The molecule has 160 valence electrons. The molecule has 0 bridgehead atoms. The normalized spacial score (nSPS) is 13.8. The molecule has 2 aromatic carbocycles. The SMILES string of the molecule is O=C(Nc1cccc(S(=O)(=O)NCc2ccco2)c1)c1cccc(N2CCNC2=O)c1. The van der Waals surface area contributed by atoms with E-state index in [1.807, 2.05) is 0 Å². The van der Waals surface area contributed by atoms with Crippen molar-refractivity contribution in [3.8, 4) is 0 Å². The van der Waals surface area contributed by atoms with Crippen LogP contribution in [0.2, 0.25) is 0 Å². The van der Waals surface area contributed by atoms with E-state index in [1.54, 1.807) is 53.4 Å². The van der Waals surface area contributed by atoms with Crippen molar-refractivity contribution in [3.05, 3.63) is 78.3 Å². The van der Waals surface area contributed by atoms with Gasteiger partial charge in [0.1, 0.15) is 5.76 Å². The molecule has 0 saturated carbocycles. The van der Waals surface area contributed by atoms with E-state index < -0.39 is 15.9 Å². The standard InChI is InChI=1S/C21H20N4O5S/c26-20(15-4-1-6-17(12-15)25-10-9-22-21(25)27)24-16-5-2-8-19(13-16)31(28,29)23-14-18-7-3-11-30-18/h1-8,11-13,23H,9-10,14H2,(H,22,27)(H,24,26). The molecular weight excluding hydrogens is 420 g/mol. The molecular formula is C21H20N4O5S. The zero-order chi connectivity index (χ0) is 21.8. The molecule has 1 aliphatic heterocycles. The van der Waals surface area contributed by atoms with Gasteiger partial charge in [-0.1, -0.05) is 12.1 Å². The summed E-state index contributed by atoms with van der Waals surface area (Å²) in [4.78, 5) is 26.1. The first kappa shape index (κ1) is 20.6. The minimum atomic E-state index is -3.80. The van der Waals surface area contributed by atoms with E-state index >= 15 is 0 Å². The second-order valence-corrected chi connectivity index (χ2v) is 8.59. The van der Waals surface area contributed by atoms with Gasteiger partial charge in [-0.15, -0.1) is 0 Å². The Bertz CT molecular complexity index is 1210. The molecule has 1 fully saturated rings. The van der Waals surface area contributed by atoms with Crippen LogP contribution in [0, 0.1) is 0 Å². The van der Waals surface area contributed by atoms with E-state index in [1.165, 1.54) is 18.4 Å². The van der Waals surface area contributed by atoms with Crippen LogP contribution in [0.5, 0.6) is 0 Å². The Morgan fingerprint density at radius 3 is 2.68 bits per heavy atom. The van der Waals surface area contributed by atoms with E-state index in [9.17, 15) is 18.0 Å². The van der Waals surface area contributed by atoms with Crippen LogP contribution in [0.1, 0.15) is 16.1 Å². The number of benzene rings is 2. The molecule has 0 aliphatic carbocycles. The van der Waals surface area contributed by atoms with Gasteiger partial charge in [0.05, 0.1) is 17.7 Å². The van der Waals surface area contributed by atoms with E-state index in [0.29, 0.717) is 35.8 Å². The highest BCUT2D eigenvalue weighted by molar-refractivity contribution is 7.89. The van der Waals surface area contributed by atoms with Gasteiger partial charge in [-0.3, -0.25) is 9.69 Å². The van der Waals surface area contributed by atoms with Crippen LogP contribution in [0.4, 0.5) is 16.2 Å². The first-order chi connectivity index (χ1) is 14.9. The molecule has 0 spiro atoms. The number of furan rings is 1. The van der Waals surface area contributed by atoms with Gasteiger partial charge in [0.2, 0.25) is 10.0 Å². The van der Waals surface area contributed by atoms with E-state index in [4.69, 9.17) is 4.42 Å². The summed E-state index contributed by atoms with van der Waals surface area (Å²) in [5.74, 6) is 0.0687. The Hall–Kier alpha value is -3.63. The molecule has 3 N–H and O–H groups in total. The van der Waals surface area contributed by atoms with Crippen molar-refractivity contribution in [3.63, 3.8) is 0 Å². The van der Waals surface area contributed by atoms with Gasteiger partial charge in [0, 0.05) is 30.0 Å². The Morgan fingerprint density at radius 1 is 1.10 bits per heavy atom. The fourth-order valence-corrected chi connectivity index (χ4v) is 4.18. The maximum Gasteiger partial charge on any atom is 0.321 e. The van der Waals surface area contributed by atoms with Crippen molar-refractivity contribution < 1.29 is 22.4 Å². The van der Waals surface area contributed by atoms with Crippen molar-refractivity contribution in [1.29, 1.82) is 0 Å². The van der Waals surface area contributed by atoms with Crippen LogP contribution in [0.25, 0.3) is 0 Å². The molecule has 1 aromatic heterocycles. The van der Waals surface area contributed by atoms with E-state index in [-0.39, 0.29) is 17.5 Å². The summed E-state index contributed by atoms with van der Waals surface area (Å²) in [5.41, 5.74) is 1.29. The Kier molecular flexibility index (Phi) is 5.74. The third kappa shape index (κ3) is 4.76. The molecule has 10 heteroatoms. The van der Waals surface area contributed by atoms with Crippen molar-refractivity contribution in [2.24, 2.45) is 0 Å². The number of hydrogen-bond donors (Lipinski definition) is 3. The van der Waals surface area contributed by atoms with E-state index in [0.717, 1.165) is 0 Å². The summed E-state index contributed by atoms with van der Waals surface area (Å²) >= 11 is 0. The summed E-state index contributed by atoms with van der Waals surface area (Å²) in [5, 5.41) is 5.41. The van der Waals surface area contributed by atoms with Crippen LogP contribution in [0.15, 0.2) is 76.2 Å². The van der Waals surface area contributed by atoms with Crippen LogP contribution in [-0.2, 0) is 16.6 Å². The molecule has 9 nitrogen and oxygen atoms in total. The molecule has 1 aliphatic rings. The number of anilines is 2.